The van der Waals surface area contributed by atoms with Gasteiger partial charge in [-0.05, 0) is 10.8 Å². The number of rotatable bonds is 2. The van der Waals surface area contributed by atoms with Gasteiger partial charge in [0.05, 0.1) is 0 Å². The highest BCUT2D eigenvalue weighted by Crippen LogP contribution is 2.11. The maximum absolute atomic E-state index is 9.95. The third kappa shape index (κ3) is 5.80. The summed E-state index contributed by atoms with van der Waals surface area (Å²) >= 11 is 0. The lowest BCUT2D eigenvalue weighted by Gasteiger charge is -1.92. The van der Waals surface area contributed by atoms with Crippen molar-refractivity contribution in [2.24, 2.45) is 0 Å². The molecule has 0 amide bonds. The van der Waals surface area contributed by atoms with Crippen molar-refractivity contribution in [1.82, 2.24) is 0 Å². The second kappa shape index (κ2) is 6.67. The average Bonchev–Trinajstić information content (AvgIpc) is 2.37. The first-order valence-corrected chi connectivity index (χ1v) is 6.56. The van der Waals surface area contributed by atoms with Gasteiger partial charge in [-0.3, -0.25) is 4.55 Å². The number of hydrogen-bond donors (Lipinski definition) is 1. The first kappa shape index (κ1) is 14.9. The number of carbonyl (C=O) groups excluding carboxylic acids is 1. The first-order valence-electron chi connectivity index (χ1n) is 5.19. The van der Waals surface area contributed by atoms with E-state index in [1.165, 1.54) is 10.8 Å². The van der Waals surface area contributed by atoms with E-state index in [0.717, 1.165) is 0 Å². The Kier molecular flexibility index (Phi) is 5.23. The monoisotopic (exact) mass is 280 g/mol. The summed E-state index contributed by atoms with van der Waals surface area (Å²) in [6.45, 7) is 2.89. The van der Waals surface area contributed by atoms with Crippen LogP contribution in [0.4, 0.5) is 0 Å². The van der Waals surface area contributed by atoms with Crippen molar-refractivity contribution in [2.75, 3.05) is 0 Å². The van der Waals surface area contributed by atoms with Crippen molar-refractivity contribution in [3.8, 4) is 0 Å². The van der Waals surface area contributed by atoms with Crippen molar-refractivity contribution in [1.29, 1.82) is 0 Å². The molecule has 5 nitrogen and oxygen atoms in total. The minimum Gasteiger partial charge on any atom is -0.321 e. The van der Waals surface area contributed by atoms with Crippen molar-refractivity contribution < 1.29 is 21.9 Å². The molecule has 0 radical (unpaired) electrons. The molecule has 0 aromatic heterocycles. The standard InChI is InChI=1S/C10H8.C3H4O5S/c1-2-6-10-8-4-3-7-9(10)5-1;1-2-3(4)8-9(5,6)7/h1-8H;2H,1H2,(H,5,6,7). The van der Waals surface area contributed by atoms with Gasteiger partial charge in [0.1, 0.15) is 0 Å². The molecule has 0 saturated carbocycles. The van der Waals surface area contributed by atoms with Gasteiger partial charge in [-0.25, -0.2) is 4.79 Å². The van der Waals surface area contributed by atoms with Gasteiger partial charge < -0.3 is 4.18 Å². The van der Waals surface area contributed by atoms with Gasteiger partial charge in [-0.1, -0.05) is 55.1 Å². The fourth-order valence-electron chi connectivity index (χ4n) is 1.27. The number of carbonyl (C=O) groups is 1. The Morgan fingerprint density at radius 2 is 1.42 bits per heavy atom. The highest BCUT2D eigenvalue weighted by molar-refractivity contribution is 7.81. The second-order valence-electron chi connectivity index (χ2n) is 3.38. The van der Waals surface area contributed by atoms with E-state index in [1.807, 2.05) is 0 Å². The number of fused-ring (bicyclic) bond motifs is 1. The Morgan fingerprint density at radius 3 is 1.63 bits per heavy atom. The fourth-order valence-corrected chi connectivity index (χ4v) is 1.55. The quantitative estimate of drug-likeness (QED) is 0.674. The molecule has 0 atom stereocenters. The zero-order valence-electron chi connectivity index (χ0n) is 9.89. The molecule has 19 heavy (non-hydrogen) atoms. The molecular weight excluding hydrogens is 268 g/mol. The van der Waals surface area contributed by atoms with Crippen molar-refractivity contribution in [3.63, 3.8) is 0 Å². The van der Waals surface area contributed by atoms with Crippen molar-refractivity contribution in [2.45, 2.75) is 0 Å². The van der Waals surface area contributed by atoms with E-state index < -0.39 is 16.4 Å². The summed E-state index contributed by atoms with van der Waals surface area (Å²) in [5.74, 6) is -1.21. The maximum Gasteiger partial charge on any atom is 0.449 e. The highest BCUT2D eigenvalue weighted by atomic mass is 32.3. The summed E-state index contributed by atoms with van der Waals surface area (Å²) in [6, 6.07) is 16.7. The van der Waals surface area contributed by atoms with Crippen LogP contribution in [0, 0.1) is 0 Å². The molecule has 0 heterocycles. The van der Waals surface area contributed by atoms with E-state index in [4.69, 9.17) is 4.55 Å². The highest BCUT2D eigenvalue weighted by Gasteiger charge is 2.07. The second-order valence-corrected chi connectivity index (χ2v) is 4.40. The van der Waals surface area contributed by atoms with Crippen molar-refractivity contribution in [3.05, 3.63) is 61.2 Å². The Morgan fingerprint density at radius 1 is 1.05 bits per heavy atom. The average molecular weight is 280 g/mol. The number of benzene rings is 2. The van der Waals surface area contributed by atoms with Gasteiger partial charge in [0.25, 0.3) is 0 Å². The molecule has 0 aliphatic heterocycles. The van der Waals surface area contributed by atoms with Crippen LogP contribution in [-0.4, -0.2) is 18.9 Å². The summed E-state index contributed by atoms with van der Waals surface area (Å²) < 4.78 is 30.5. The lowest BCUT2D eigenvalue weighted by molar-refractivity contribution is -0.128. The van der Waals surface area contributed by atoms with Crippen LogP contribution >= 0.6 is 0 Å². The minimum absolute atomic E-state index is 0.619. The minimum atomic E-state index is -4.66. The molecule has 1 N–H and O–H groups in total. The van der Waals surface area contributed by atoms with Crippen LogP contribution < -0.4 is 0 Å². The van der Waals surface area contributed by atoms with Gasteiger partial charge in [0.2, 0.25) is 0 Å². The lowest BCUT2D eigenvalue weighted by atomic mass is 10.1. The van der Waals surface area contributed by atoms with Gasteiger partial charge in [0.15, 0.2) is 0 Å². The molecule has 0 aliphatic rings. The van der Waals surface area contributed by atoms with Gasteiger partial charge in [-0.15, -0.1) is 0 Å². The summed E-state index contributed by atoms with van der Waals surface area (Å²) in [7, 11) is -4.66. The topological polar surface area (TPSA) is 80.7 Å². The smallest absolute Gasteiger partial charge is 0.321 e. The van der Waals surface area contributed by atoms with Gasteiger partial charge in [-0.2, -0.15) is 8.42 Å². The molecule has 0 saturated heterocycles. The molecule has 6 heteroatoms. The van der Waals surface area contributed by atoms with E-state index in [-0.39, 0.29) is 0 Å². The van der Waals surface area contributed by atoms with Crippen molar-refractivity contribution >= 4 is 27.1 Å². The van der Waals surface area contributed by atoms with Gasteiger partial charge in [0, 0.05) is 6.08 Å². The SMILES string of the molecule is C=CC(=O)OS(=O)(=O)O.c1ccc2ccccc2c1. The molecule has 2 aromatic rings. The third-order valence-electron chi connectivity index (χ3n) is 2.01. The molecule has 0 bridgehead atoms. The zero-order chi connectivity index (χ0) is 14.3. The summed E-state index contributed by atoms with van der Waals surface area (Å²) in [5.41, 5.74) is 0. The fraction of sp³-hybridized carbons (Fsp3) is 0. The largest absolute Gasteiger partial charge is 0.449 e. The Bertz CT molecular complexity index is 611. The molecule has 0 aliphatic carbocycles. The summed E-state index contributed by atoms with van der Waals surface area (Å²) in [5, 5.41) is 2.62. The van der Waals surface area contributed by atoms with Crippen LogP contribution in [0.5, 0.6) is 0 Å². The molecule has 0 fully saturated rings. The van der Waals surface area contributed by atoms with Crippen LogP contribution in [0.3, 0.4) is 0 Å². The van der Waals surface area contributed by atoms with Crippen LogP contribution in [0.2, 0.25) is 0 Å². The molecule has 0 spiro atoms. The Labute approximate surface area is 111 Å². The molecular formula is C13H12O5S. The van der Waals surface area contributed by atoms with E-state index in [2.05, 4.69) is 59.3 Å². The summed E-state index contributed by atoms with van der Waals surface area (Å²) in [4.78, 5) is 9.95. The molecule has 2 aromatic carbocycles. The number of hydrogen-bond acceptors (Lipinski definition) is 4. The normalized spacial score (nSPS) is 10.2. The maximum atomic E-state index is 9.95. The third-order valence-corrected chi connectivity index (χ3v) is 2.39. The van der Waals surface area contributed by atoms with E-state index in [9.17, 15) is 13.2 Å². The van der Waals surface area contributed by atoms with E-state index in [1.54, 1.807) is 0 Å². The predicted octanol–water partition coefficient (Wildman–Crippen LogP) is 2.36. The predicted molar refractivity (Wildman–Crippen MR) is 71.8 cm³/mol. The molecule has 100 valence electrons. The Balaban J connectivity index is 0.000000192. The van der Waals surface area contributed by atoms with E-state index >= 15 is 0 Å². The summed E-state index contributed by atoms with van der Waals surface area (Å²) in [6.07, 6.45) is 0.619. The van der Waals surface area contributed by atoms with Gasteiger partial charge >= 0.3 is 16.4 Å². The van der Waals surface area contributed by atoms with Crippen LogP contribution in [0.1, 0.15) is 0 Å². The first-order chi connectivity index (χ1) is 8.92. The van der Waals surface area contributed by atoms with Crippen LogP contribution in [-0.2, 0) is 19.4 Å². The van der Waals surface area contributed by atoms with Crippen LogP contribution in [0.15, 0.2) is 61.2 Å². The van der Waals surface area contributed by atoms with E-state index in [0.29, 0.717) is 6.08 Å². The zero-order valence-corrected chi connectivity index (χ0v) is 10.7. The Hall–Kier alpha value is -2.18. The lowest BCUT2D eigenvalue weighted by Crippen LogP contribution is -2.08. The molecule has 2 rings (SSSR count). The molecule has 0 unspecified atom stereocenters. The van der Waals surface area contributed by atoms with Crippen LogP contribution in [0.25, 0.3) is 10.8 Å².